The van der Waals surface area contributed by atoms with E-state index in [1.165, 1.54) is 0 Å². The van der Waals surface area contributed by atoms with Crippen molar-refractivity contribution in [1.82, 2.24) is 0 Å². The van der Waals surface area contributed by atoms with Crippen LogP contribution in [-0.2, 0) is 0 Å². The number of aryl methyl sites for hydroxylation is 2. The molecule has 0 fully saturated rings. The number of rotatable bonds is 3. The molecule has 1 aromatic carbocycles. The molecule has 0 heterocycles. The van der Waals surface area contributed by atoms with Crippen LogP contribution in [0.4, 0.5) is 0 Å². The van der Waals surface area contributed by atoms with Crippen molar-refractivity contribution < 1.29 is 5.11 Å². The van der Waals surface area contributed by atoms with Gasteiger partial charge in [-0.05, 0) is 49.1 Å². The summed E-state index contributed by atoms with van der Waals surface area (Å²) < 4.78 is 0. The Balaban J connectivity index is 3.13. The van der Waals surface area contributed by atoms with Crippen molar-refractivity contribution in [3.05, 3.63) is 41.5 Å². The monoisotopic (exact) mass is 191 g/mol. The van der Waals surface area contributed by atoms with Gasteiger partial charge in [-0.15, -0.1) is 6.58 Å². The van der Waals surface area contributed by atoms with Crippen molar-refractivity contribution in [2.45, 2.75) is 26.3 Å². The van der Waals surface area contributed by atoms with E-state index in [9.17, 15) is 5.11 Å². The molecule has 0 spiro atoms. The van der Waals surface area contributed by atoms with Gasteiger partial charge < -0.3 is 10.8 Å². The van der Waals surface area contributed by atoms with Gasteiger partial charge in [0.15, 0.2) is 0 Å². The highest BCUT2D eigenvalue weighted by Gasteiger charge is 2.11. The number of nitrogens with two attached hydrogens (primary N) is 1. The molecule has 76 valence electrons. The maximum absolute atomic E-state index is 9.37. The molecule has 0 aromatic heterocycles. The summed E-state index contributed by atoms with van der Waals surface area (Å²) in [7, 11) is 0. The molecule has 0 aliphatic rings. The van der Waals surface area contributed by atoms with Crippen LogP contribution >= 0.6 is 0 Å². The maximum Gasteiger partial charge on any atom is 0.116 e. The molecule has 2 nitrogen and oxygen atoms in total. The Morgan fingerprint density at radius 2 is 1.93 bits per heavy atom. The molecule has 0 amide bonds. The van der Waals surface area contributed by atoms with Gasteiger partial charge in [0.1, 0.15) is 5.75 Å². The van der Waals surface area contributed by atoms with E-state index in [0.717, 1.165) is 23.1 Å². The Kier molecular flexibility index (Phi) is 3.31. The minimum absolute atomic E-state index is 0.0203. The fourth-order valence-corrected chi connectivity index (χ4v) is 1.83. The fraction of sp³-hybridized carbons (Fsp3) is 0.333. The van der Waals surface area contributed by atoms with Crippen molar-refractivity contribution in [1.29, 1.82) is 0 Å². The average molecular weight is 191 g/mol. The van der Waals surface area contributed by atoms with Crippen molar-refractivity contribution in [3.63, 3.8) is 0 Å². The second-order valence-corrected chi connectivity index (χ2v) is 3.62. The summed E-state index contributed by atoms with van der Waals surface area (Å²) in [5.41, 5.74) is 9.20. The summed E-state index contributed by atoms with van der Waals surface area (Å²) in [5, 5.41) is 9.37. The number of benzene rings is 1. The molecule has 3 N–H and O–H groups in total. The number of aromatic hydroxyl groups is 1. The van der Waals surface area contributed by atoms with Gasteiger partial charge in [-0.25, -0.2) is 0 Å². The van der Waals surface area contributed by atoms with Crippen molar-refractivity contribution in [2.75, 3.05) is 0 Å². The molecule has 0 aliphatic carbocycles. The number of phenolic OH excluding ortho intramolecular Hbond substituents is 1. The smallest absolute Gasteiger partial charge is 0.116 e. The first-order chi connectivity index (χ1) is 6.56. The summed E-state index contributed by atoms with van der Waals surface area (Å²) in [6, 6.07) is 3.46. The summed E-state index contributed by atoms with van der Waals surface area (Å²) in [5.74, 6) is 0.301. The molecule has 0 aliphatic heterocycles. The summed E-state index contributed by atoms with van der Waals surface area (Å²) in [4.78, 5) is 0. The second kappa shape index (κ2) is 4.29. The minimum Gasteiger partial charge on any atom is -0.508 e. The van der Waals surface area contributed by atoms with Crippen LogP contribution in [0.3, 0.4) is 0 Å². The standard InChI is InChI=1S/C12H17NO/c1-4-5-11(13)12-8(2)6-10(14)7-9(12)3/h4,6-7,11,14H,1,5,13H2,2-3H3/t11-/m0/s1. The lowest BCUT2D eigenvalue weighted by atomic mass is 9.94. The van der Waals surface area contributed by atoms with Gasteiger partial charge in [-0.3, -0.25) is 0 Å². The first-order valence-corrected chi connectivity index (χ1v) is 4.73. The quantitative estimate of drug-likeness (QED) is 0.721. The molecule has 0 radical (unpaired) electrons. The Morgan fingerprint density at radius 3 is 2.36 bits per heavy atom. The number of phenols is 1. The molecule has 1 aromatic rings. The highest BCUT2D eigenvalue weighted by molar-refractivity contribution is 5.42. The summed E-state index contributed by atoms with van der Waals surface area (Å²) in [6.07, 6.45) is 2.57. The minimum atomic E-state index is -0.0203. The van der Waals surface area contributed by atoms with E-state index in [4.69, 9.17) is 5.73 Å². The Hall–Kier alpha value is -1.28. The predicted molar refractivity (Wildman–Crippen MR) is 59.3 cm³/mol. The van der Waals surface area contributed by atoms with Crippen LogP contribution in [0, 0.1) is 13.8 Å². The van der Waals surface area contributed by atoms with Gasteiger partial charge in [0.25, 0.3) is 0 Å². The van der Waals surface area contributed by atoms with Gasteiger partial charge in [-0.1, -0.05) is 6.08 Å². The van der Waals surface area contributed by atoms with Crippen molar-refractivity contribution in [3.8, 4) is 5.75 Å². The van der Waals surface area contributed by atoms with E-state index >= 15 is 0 Å². The Morgan fingerprint density at radius 1 is 1.43 bits per heavy atom. The SMILES string of the molecule is C=CC[C@H](N)c1c(C)cc(O)cc1C. The molecular weight excluding hydrogens is 174 g/mol. The van der Waals surface area contributed by atoms with Gasteiger partial charge in [-0.2, -0.15) is 0 Å². The van der Waals surface area contributed by atoms with Gasteiger partial charge in [0, 0.05) is 6.04 Å². The zero-order chi connectivity index (χ0) is 10.7. The topological polar surface area (TPSA) is 46.2 Å². The summed E-state index contributed by atoms with van der Waals surface area (Å²) in [6.45, 7) is 7.60. The van der Waals surface area contributed by atoms with Gasteiger partial charge in [0.2, 0.25) is 0 Å². The lowest BCUT2D eigenvalue weighted by molar-refractivity contribution is 0.473. The molecular formula is C12H17NO. The first kappa shape index (κ1) is 10.8. The molecule has 14 heavy (non-hydrogen) atoms. The molecule has 0 bridgehead atoms. The van der Waals surface area contributed by atoms with E-state index < -0.39 is 0 Å². The van der Waals surface area contributed by atoms with Crippen LogP contribution in [0.2, 0.25) is 0 Å². The van der Waals surface area contributed by atoms with E-state index in [1.54, 1.807) is 12.1 Å². The largest absolute Gasteiger partial charge is 0.508 e. The zero-order valence-corrected chi connectivity index (χ0v) is 8.75. The highest BCUT2D eigenvalue weighted by Crippen LogP contribution is 2.26. The van der Waals surface area contributed by atoms with Crippen LogP contribution in [0.1, 0.15) is 29.2 Å². The second-order valence-electron chi connectivity index (χ2n) is 3.62. The molecule has 1 atom stereocenters. The Bertz CT molecular complexity index is 321. The van der Waals surface area contributed by atoms with E-state index in [2.05, 4.69) is 6.58 Å². The number of hydrogen-bond donors (Lipinski definition) is 2. The van der Waals surface area contributed by atoms with Crippen LogP contribution in [-0.4, -0.2) is 5.11 Å². The van der Waals surface area contributed by atoms with E-state index in [0.29, 0.717) is 5.75 Å². The van der Waals surface area contributed by atoms with E-state index in [1.807, 2.05) is 19.9 Å². The van der Waals surface area contributed by atoms with Crippen LogP contribution in [0.25, 0.3) is 0 Å². The average Bonchev–Trinajstić information content (AvgIpc) is 2.01. The molecule has 0 unspecified atom stereocenters. The summed E-state index contributed by atoms with van der Waals surface area (Å²) >= 11 is 0. The van der Waals surface area contributed by atoms with Crippen molar-refractivity contribution >= 4 is 0 Å². The predicted octanol–water partition coefficient (Wildman–Crippen LogP) is 2.58. The number of hydrogen-bond acceptors (Lipinski definition) is 2. The third-order valence-corrected chi connectivity index (χ3v) is 2.37. The van der Waals surface area contributed by atoms with Gasteiger partial charge in [0.05, 0.1) is 0 Å². The third kappa shape index (κ3) is 2.15. The lowest BCUT2D eigenvalue weighted by Crippen LogP contribution is -2.12. The van der Waals surface area contributed by atoms with Crippen LogP contribution in [0.5, 0.6) is 5.75 Å². The molecule has 2 heteroatoms. The van der Waals surface area contributed by atoms with Crippen LogP contribution < -0.4 is 5.73 Å². The third-order valence-electron chi connectivity index (χ3n) is 2.37. The molecule has 0 saturated carbocycles. The maximum atomic E-state index is 9.37. The van der Waals surface area contributed by atoms with Crippen molar-refractivity contribution in [2.24, 2.45) is 5.73 Å². The first-order valence-electron chi connectivity index (χ1n) is 4.73. The van der Waals surface area contributed by atoms with Gasteiger partial charge >= 0.3 is 0 Å². The normalized spacial score (nSPS) is 12.5. The fourth-order valence-electron chi connectivity index (χ4n) is 1.83. The van der Waals surface area contributed by atoms with E-state index in [-0.39, 0.29) is 6.04 Å². The Labute approximate surface area is 85.1 Å². The molecule has 1 rings (SSSR count). The molecule has 0 saturated heterocycles. The lowest BCUT2D eigenvalue weighted by Gasteiger charge is -2.16. The van der Waals surface area contributed by atoms with Crippen LogP contribution in [0.15, 0.2) is 24.8 Å². The zero-order valence-electron chi connectivity index (χ0n) is 8.75. The highest BCUT2D eigenvalue weighted by atomic mass is 16.3.